The van der Waals surface area contributed by atoms with E-state index in [1.807, 2.05) is 0 Å². The molecule has 1 heterocycles. The number of ketones is 1. The third kappa shape index (κ3) is 2.93. The van der Waals surface area contributed by atoms with E-state index in [2.05, 4.69) is 18.7 Å². The lowest BCUT2D eigenvalue weighted by atomic mass is 9.93. The fourth-order valence-electron chi connectivity index (χ4n) is 2.32. The second-order valence-corrected chi connectivity index (χ2v) is 5.68. The molecule has 0 aromatic heterocycles. The zero-order valence-corrected chi connectivity index (χ0v) is 10.7. The van der Waals surface area contributed by atoms with E-state index in [-0.39, 0.29) is 23.3 Å². The molecule has 18 heavy (non-hydrogen) atoms. The smallest absolute Gasteiger partial charge is 0.176 e. The maximum absolute atomic E-state index is 13.0. The van der Waals surface area contributed by atoms with Crippen LogP contribution in [0, 0.1) is 17.0 Å². The van der Waals surface area contributed by atoms with Gasteiger partial charge >= 0.3 is 0 Å². The van der Waals surface area contributed by atoms with E-state index in [9.17, 15) is 13.6 Å². The molecule has 1 aromatic carbocycles. The molecule has 1 aromatic rings. The molecule has 4 heteroatoms. The standard InChI is InChI=1S/C14H17F2NO/c1-14(2)5-6-17(9-14)8-13(18)10-3-4-11(15)12(16)7-10/h3-4,7H,5-6,8-9H2,1-2H3. The van der Waals surface area contributed by atoms with Gasteiger partial charge in [0, 0.05) is 12.1 Å². The average molecular weight is 253 g/mol. The quantitative estimate of drug-likeness (QED) is 0.772. The summed E-state index contributed by atoms with van der Waals surface area (Å²) in [6, 6.07) is 3.30. The Morgan fingerprint density at radius 1 is 1.33 bits per heavy atom. The maximum atomic E-state index is 13.0. The van der Waals surface area contributed by atoms with Gasteiger partial charge in [-0.1, -0.05) is 13.8 Å². The van der Waals surface area contributed by atoms with Gasteiger partial charge in [0.2, 0.25) is 0 Å². The minimum absolute atomic E-state index is 0.161. The molecule has 1 aliphatic heterocycles. The molecular formula is C14H17F2NO. The van der Waals surface area contributed by atoms with Crippen molar-refractivity contribution >= 4 is 5.78 Å². The lowest BCUT2D eigenvalue weighted by Gasteiger charge is -2.18. The zero-order valence-electron chi connectivity index (χ0n) is 10.7. The summed E-state index contributed by atoms with van der Waals surface area (Å²) in [7, 11) is 0. The molecule has 0 aliphatic carbocycles. The number of benzene rings is 1. The van der Waals surface area contributed by atoms with Crippen LogP contribution in [-0.4, -0.2) is 30.3 Å². The zero-order chi connectivity index (χ0) is 13.3. The van der Waals surface area contributed by atoms with Crippen molar-refractivity contribution in [2.75, 3.05) is 19.6 Å². The van der Waals surface area contributed by atoms with Crippen LogP contribution in [0.1, 0.15) is 30.6 Å². The summed E-state index contributed by atoms with van der Waals surface area (Å²) >= 11 is 0. The van der Waals surface area contributed by atoms with Gasteiger partial charge in [-0.15, -0.1) is 0 Å². The van der Waals surface area contributed by atoms with Crippen LogP contribution in [0.3, 0.4) is 0 Å². The fourth-order valence-corrected chi connectivity index (χ4v) is 2.32. The number of hydrogen-bond acceptors (Lipinski definition) is 2. The van der Waals surface area contributed by atoms with E-state index in [1.54, 1.807) is 0 Å². The molecule has 1 saturated heterocycles. The highest BCUT2D eigenvalue weighted by Gasteiger charge is 2.30. The Hall–Kier alpha value is -1.29. The maximum Gasteiger partial charge on any atom is 0.176 e. The minimum Gasteiger partial charge on any atom is -0.295 e. The van der Waals surface area contributed by atoms with Crippen LogP contribution in [0.2, 0.25) is 0 Å². The highest BCUT2D eigenvalue weighted by atomic mass is 19.2. The van der Waals surface area contributed by atoms with Crippen molar-refractivity contribution in [2.45, 2.75) is 20.3 Å². The largest absolute Gasteiger partial charge is 0.295 e. The van der Waals surface area contributed by atoms with Crippen LogP contribution in [-0.2, 0) is 0 Å². The number of halogens is 2. The lowest BCUT2D eigenvalue weighted by molar-refractivity contribution is 0.0939. The molecule has 2 nitrogen and oxygen atoms in total. The summed E-state index contributed by atoms with van der Waals surface area (Å²) in [4.78, 5) is 14.0. The molecule has 1 aliphatic rings. The number of rotatable bonds is 3. The van der Waals surface area contributed by atoms with Crippen molar-refractivity contribution < 1.29 is 13.6 Å². The van der Waals surface area contributed by atoms with E-state index in [0.717, 1.165) is 31.6 Å². The Morgan fingerprint density at radius 2 is 2.06 bits per heavy atom. The molecule has 0 bridgehead atoms. The van der Waals surface area contributed by atoms with E-state index >= 15 is 0 Å². The molecule has 0 N–H and O–H groups in total. The van der Waals surface area contributed by atoms with Gasteiger partial charge in [0.05, 0.1) is 6.54 Å². The summed E-state index contributed by atoms with van der Waals surface area (Å²) in [6.07, 6.45) is 1.05. The molecule has 0 spiro atoms. The van der Waals surface area contributed by atoms with Crippen molar-refractivity contribution in [3.05, 3.63) is 35.4 Å². The van der Waals surface area contributed by atoms with Gasteiger partial charge in [0.15, 0.2) is 17.4 Å². The number of Topliss-reactive ketones (excluding diaryl/α,β-unsaturated/α-hetero) is 1. The van der Waals surface area contributed by atoms with Gasteiger partial charge in [0.1, 0.15) is 0 Å². The Morgan fingerprint density at radius 3 is 2.61 bits per heavy atom. The first-order valence-corrected chi connectivity index (χ1v) is 6.08. The fraction of sp³-hybridized carbons (Fsp3) is 0.500. The molecule has 98 valence electrons. The Balaban J connectivity index is 2.02. The minimum atomic E-state index is -0.970. The molecule has 0 radical (unpaired) electrons. The summed E-state index contributed by atoms with van der Waals surface area (Å²) < 4.78 is 25.8. The van der Waals surface area contributed by atoms with Gasteiger partial charge in [-0.25, -0.2) is 8.78 Å². The molecule has 0 unspecified atom stereocenters. The molecule has 0 atom stereocenters. The average Bonchev–Trinajstić information content (AvgIpc) is 2.62. The first-order valence-electron chi connectivity index (χ1n) is 6.08. The van der Waals surface area contributed by atoms with Gasteiger partial charge < -0.3 is 0 Å². The summed E-state index contributed by atoms with van der Waals surface area (Å²) in [5, 5.41) is 0. The molecular weight excluding hydrogens is 236 g/mol. The van der Waals surface area contributed by atoms with Crippen molar-refractivity contribution in [1.82, 2.24) is 4.90 Å². The highest BCUT2D eigenvalue weighted by molar-refractivity contribution is 5.97. The summed E-state index contributed by atoms with van der Waals surface area (Å²) in [5.41, 5.74) is 0.465. The predicted octanol–water partition coefficient (Wildman–Crippen LogP) is 2.88. The van der Waals surface area contributed by atoms with Crippen LogP contribution in [0.25, 0.3) is 0 Å². The van der Waals surface area contributed by atoms with E-state index in [1.165, 1.54) is 6.07 Å². The van der Waals surface area contributed by atoms with Crippen molar-refractivity contribution in [3.63, 3.8) is 0 Å². The first-order chi connectivity index (χ1) is 8.37. The summed E-state index contributed by atoms with van der Waals surface area (Å²) in [5.74, 6) is -2.05. The van der Waals surface area contributed by atoms with Crippen LogP contribution >= 0.6 is 0 Å². The Labute approximate surface area is 106 Å². The van der Waals surface area contributed by atoms with Crippen LogP contribution in [0.4, 0.5) is 8.78 Å². The van der Waals surface area contributed by atoms with E-state index in [0.29, 0.717) is 0 Å². The highest BCUT2D eigenvalue weighted by Crippen LogP contribution is 2.28. The van der Waals surface area contributed by atoms with Gasteiger partial charge in [-0.3, -0.25) is 9.69 Å². The Kier molecular flexibility index (Phi) is 3.48. The molecule has 2 rings (SSSR count). The van der Waals surface area contributed by atoms with Crippen LogP contribution < -0.4 is 0 Å². The third-order valence-corrected chi connectivity index (χ3v) is 3.37. The number of hydrogen-bond donors (Lipinski definition) is 0. The van der Waals surface area contributed by atoms with Crippen LogP contribution in [0.15, 0.2) is 18.2 Å². The normalized spacial score (nSPS) is 19.1. The van der Waals surface area contributed by atoms with Crippen molar-refractivity contribution in [3.8, 4) is 0 Å². The third-order valence-electron chi connectivity index (χ3n) is 3.37. The van der Waals surface area contributed by atoms with Crippen molar-refractivity contribution in [1.29, 1.82) is 0 Å². The lowest BCUT2D eigenvalue weighted by Crippen LogP contribution is -2.29. The molecule has 0 amide bonds. The topological polar surface area (TPSA) is 20.3 Å². The molecule has 0 saturated carbocycles. The van der Waals surface area contributed by atoms with E-state index < -0.39 is 11.6 Å². The Bertz CT molecular complexity index is 471. The van der Waals surface area contributed by atoms with Gasteiger partial charge in [0.25, 0.3) is 0 Å². The number of likely N-dealkylation sites (tertiary alicyclic amines) is 1. The van der Waals surface area contributed by atoms with Crippen LogP contribution in [0.5, 0.6) is 0 Å². The number of nitrogens with zero attached hydrogens (tertiary/aromatic N) is 1. The predicted molar refractivity (Wildman–Crippen MR) is 65.5 cm³/mol. The number of carbonyl (C=O) groups excluding carboxylic acids is 1. The monoisotopic (exact) mass is 253 g/mol. The number of carbonyl (C=O) groups is 1. The first kappa shape index (κ1) is 13.1. The van der Waals surface area contributed by atoms with Gasteiger partial charge in [-0.2, -0.15) is 0 Å². The summed E-state index contributed by atoms with van der Waals surface area (Å²) in [6.45, 7) is 6.34. The van der Waals surface area contributed by atoms with Crippen molar-refractivity contribution in [2.24, 2.45) is 5.41 Å². The second kappa shape index (κ2) is 4.76. The second-order valence-electron chi connectivity index (χ2n) is 5.68. The van der Waals surface area contributed by atoms with Gasteiger partial charge in [-0.05, 0) is 36.6 Å². The van der Waals surface area contributed by atoms with E-state index in [4.69, 9.17) is 0 Å². The molecule has 1 fully saturated rings. The SMILES string of the molecule is CC1(C)CCN(CC(=O)c2ccc(F)c(F)c2)C1.